The number of azo groups is 2. The number of aromatic hydroxyl groups is 1. The molecule has 68 heavy (non-hydrogen) atoms. The van der Waals surface area contributed by atoms with Gasteiger partial charge in [0.2, 0.25) is 11.9 Å². The molecule has 357 valence electrons. The molecule has 0 saturated heterocycles. The van der Waals surface area contributed by atoms with Crippen LogP contribution in [0.4, 0.5) is 46.0 Å². The monoisotopic (exact) mass is 1110 g/mol. The summed E-state index contributed by atoms with van der Waals surface area (Å²) >= 11 is -2.19. The van der Waals surface area contributed by atoms with Crippen molar-refractivity contribution < 1.29 is 97.7 Å². The standard InChI is InChI=1S/C38H37N9O15S5.Y/c1-23-39-37(42-38(40-23)47(17-18-63(49)50)28-7-5-4-6-8-28)41-32-16-14-29-30(36(32)67(59,60)62-3)19-25(22-65(54,55)56)34(35(29)48)46-45-31-15-13-27(20-33(31)66(57,58)61-2)44-43-26-11-9-24(10-12-26)21-64(51,52)53;/h4-16,19-20,48H,17-18,21-22H2,1-3H3,(H,49,50)(H,51,52,53)(H,54,55,56)(H,39,40,41,42);. The number of nitrogens with one attached hydrogen (secondary N) is 1. The molecule has 6 aromatic rings. The first-order chi connectivity index (χ1) is 31.5. The van der Waals surface area contributed by atoms with Crippen LogP contribution in [0.2, 0.25) is 0 Å². The van der Waals surface area contributed by atoms with E-state index in [0.29, 0.717) is 5.69 Å². The molecule has 1 unspecified atom stereocenters. The quantitative estimate of drug-likeness (QED) is 0.0253. The fourth-order valence-electron chi connectivity index (χ4n) is 6.25. The number of phenols is 1. The molecule has 0 saturated carbocycles. The van der Waals surface area contributed by atoms with Gasteiger partial charge in [0.1, 0.15) is 38.5 Å². The van der Waals surface area contributed by atoms with Gasteiger partial charge in [-0.15, -0.1) is 10.2 Å². The van der Waals surface area contributed by atoms with Gasteiger partial charge in [-0.05, 0) is 73.2 Å². The Labute approximate surface area is 416 Å². The fraction of sp³-hybridized carbons (Fsp3) is 0.184. The summed E-state index contributed by atoms with van der Waals surface area (Å²) in [6, 6.07) is 21.0. The van der Waals surface area contributed by atoms with Crippen molar-refractivity contribution in [1.29, 1.82) is 0 Å². The number of benzene rings is 5. The summed E-state index contributed by atoms with van der Waals surface area (Å²) in [7, 11) is -16.9. The van der Waals surface area contributed by atoms with Crippen molar-refractivity contribution >= 4 is 108 Å². The minimum atomic E-state index is -4.96. The van der Waals surface area contributed by atoms with Gasteiger partial charge in [-0.2, -0.15) is 58.9 Å². The summed E-state index contributed by atoms with van der Waals surface area (Å²) in [5, 5.41) is 29.8. The maximum Gasteiger partial charge on any atom is 0.299 e. The second-order valence-electron chi connectivity index (χ2n) is 13.8. The number of anilines is 4. The number of phenolic OH excluding ortho intramolecular Hbond substituents is 1. The van der Waals surface area contributed by atoms with Crippen LogP contribution in [0.5, 0.6) is 5.75 Å². The molecule has 0 aliphatic carbocycles. The molecule has 0 aliphatic heterocycles. The zero-order valence-corrected chi connectivity index (χ0v) is 42.4. The molecule has 0 amide bonds. The third kappa shape index (κ3) is 13.7. The Balaban J connectivity index is 0.00000864. The van der Waals surface area contributed by atoms with E-state index in [0.717, 1.165) is 32.4 Å². The summed E-state index contributed by atoms with van der Waals surface area (Å²) in [4.78, 5) is 13.3. The van der Waals surface area contributed by atoms with E-state index in [2.05, 4.69) is 44.9 Å². The number of hydrogen-bond donors (Lipinski definition) is 5. The zero-order chi connectivity index (χ0) is 48.9. The first-order valence-corrected chi connectivity index (χ1v) is 26.1. The molecular formula is C38H37N9O15S5Y. The van der Waals surface area contributed by atoms with Crippen LogP contribution in [0.3, 0.4) is 0 Å². The smallest absolute Gasteiger partial charge is 0.299 e. The first kappa shape index (κ1) is 53.8. The second kappa shape index (κ2) is 22.1. The Morgan fingerprint density at radius 2 is 1.35 bits per heavy atom. The Bertz CT molecular complexity index is 3410. The zero-order valence-electron chi connectivity index (χ0n) is 35.5. The molecule has 0 spiro atoms. The van der Waals surface area contributed by atoms with Gasteiger partial charge in [-0.1, -0.05) is 30.3 Å². The number of nitrogens with zero attached hydrogens (tertiary/aromatic N) is 8. The third-order valence-electron chi connectivity index (χ3n) is 9.14. The molecule has 1 atom stereocenters. The van der Waals surface area contributed by atoms with E-state index in [4.69, 9.17) is 8.74 Å². The predicted molar refractivity (Wildman–Crippen MR) is 243 cm³/mol. The maximum atomic E-state index is 13.7. The third-order valence-corrected chi connectivity index (χ3v) is 13.7. The average Bonchev–Trinajstić information content (AvgIpc) is 3.25. The van der Waals surface area contributed by atoms with Crippen molar-refractivity contribution in [2.24, 2.45) is 20.5 Å². The number of hydrogen-bond acceptors (Lipinski definition) is 21. The van der Waals surface area contributed by atoms with Crippen LogP contribution < -0.4 is 10.2 Å². The van der Waals surface area contributed by atoms with E-state index in [9.17, 15) is 52.1 Å². The van der Waals surface area contributed by atoms with E-state index in [-0.39, 0.29) is 96.1 Å². The molecule has 5 N–H and O–H groups in total. The minimum Gasteiger partial charge on any atom is -0.505 e. The molecule has 1 aromatic heterocycles. The predicted octanol–water partition coefficient (Wildman–Crippen LogP) is 6.42. The van der Waals surface area contributed by atoms with Crippen molar-refractivity contribution in [2.45, 2.75) is 28.2 Å². The number of rotatable bonds is 19. The molecule has 5 aromatic carbocycles. The van der Waals surface area contributed by atoms with E-state index in [1.807, 2.05) is 0 Å². The Hall–Kier alpha value is -5.18. The van der Waals surface area contributed by atoms with Gasteiger partial charge in [0.05, 0.1) is 37.0 Å². The summed E-state index contributed by atoms with van der Waals surface area (Å²) in [5.74, 6) is -3.02. The number of aromatic nitrogens is 3. The number of aryl methyl sites for hydroxylation is 1. The van der Waals surface area contributed by atoms with Crippen LogP contribution in [0.25, 0.3) is 10.8 Å². The van der Waals surface area contributed by atoms with Gasteiger partial charge in [-0.25, -0.2) is 4.21 Å². The van der Waals surface area contributed by atoms with Crippen LogP contribution in [0.15, 0.2) is 121 Å². The van der Waals surface area contributed by atoms with E-state index >= 15 is 0 Å². The van der Waals surface area contributed by atoms with E-state index in [1.165, 1.54) is 54.3 Å². The van der Waals surface area contributed by atoms with Crippen LogP contribution in [0, 0.1) is 6.92 Å². The topological polar surface area (TPSA) is 356 Å². The molecule has 30 heteroatoms. The average molecular weight is 1110 g/mol. The summed E-state index contributed by atoms with van der Waals surface area (Å²) in [6.07, 6.45) is 0. The van der Waals surface area contributed by atoms with E-state index < -0.39 is 95.5 Å². The van der Waals surface area contributed by atoms with Crippen LogP contribution in [-0.4, -0.2) is 98.1 Å². The molecule has 1 radical (unpaired) electrons. The largest absolute Gasteiger partial charge is 0.505 e. The van der Waals surface area contributed by atoms with Gasteiger partial charge in [0.15, 0.2) is 16.8 Å². The number of fused-ring (bicyclic) bond motifs is 1. The van der Waals surface area contributed by atoms with Gasteiger partial charge in [0, 0.05) is 61.3 Å². The molecule has 1 heterocycles. The minimum absolute atomic E-state index is 0. The Morgan fingerprint density at radius 1 is 0.721 bits per heavy atom. The SMILES string of the molecule is COS(=O)(=O)c1cc(N=Nc2ccc(CS(=O)(=O)O)cc2)ccc1N=Nc1c(CS(=O)(=O)O)cc2c(S(=O)(=O)OC)c(Nc3nc(C)nc(N(CCS(=O)O)c4ccccc4)n3)ccc2c1O.[Y]. The van der Waals surface area contributed by atoms with Crippen LogP contribution in [0.1, 0.15) is 17.0 Å². The van der Waals surface area contributed by atoms with Gasteiger partial charge in [-0.3, -0.25) is 17.5 Å². The molecule has 6 rings (SSSR count). The Morgan fingerprint density at radius 3 is 1.97 bits per heavy atom. The summed E-state index contributed by atoms with van der Waals surface area (Å²) < 4.78 is 150. The molecule has 24 nitrogen and oxygen atoms in total. The molecule has 0 fully saturated rings. The van der Waals surface area contributed by atoms with Gasteiger partial charge < -0.3 is 19.9 Å². The second-order valence-corrected chi connectivity index (χ2v) is 21.1. The maximum absolute atomic E-state index is 13.7. The fourth-order valence-corrected chi connectivity index (χ4v) is 9.62. The van der Waals surface area contributed by atoms with Gasteiger partial charge in [0.25, 0.3) is 40.5 Å². The molecule has 0 bridgehead atoms. The summed E-state index contributed by atoms with van der Waals surface area (Å²) in [6.45, 7) is 1.50. The molecular weight excluding hydrogens is 1070 g/mol. The van der Waals surface area contributed by atoms with Crippen molar-refractivity contribution in [3.05, 3.63) is 108 Å². The first-order valence-electron chi connectivity index (χ1n) is 18.8. The Kier molecular flexibility index (Phi) is 17.4. The summed E-state index contributed by atoms with van der Waals surface area (Å²) in [5.41, 5.74) is -0.832. The van der Waals surface area contributed by atoms with Crippen molar-refractivity contribution in [2.75, 3.05) is 36.7 Å². The van der Waals surface area contributed by atoms with Crippen molar-refractivity contribution in [1.82, 2.24) is 15.0 Å². The van der Waals surface area contributed by atoms with Crippen LogP contribution >= 0.6 is 0 Å². The molecule has 0 aliphatic rings. The van der Waals surface area contributed by atoms with Crippen LogP contribution in [-0.2, 0) is 104 Å². The van der Waals surface area contributed by atoms with Crippen molar-refractivity contribution in [3.63, 3.8) is 0 Å². The van der Waals surface area contributed by atoms with Gasteiger partial charge >= 0.3 is 0 Å². The normalized spacial score (nSPS) is 12.9. The van der Waals surface area contributed by atoms with E-state index in [1.54, 1.807) is 30.3 Å². The number of para-hydroxylation sites is 1. The van der Waals surface area contributed by atoms with Crippen molar-refractivity contribution in [3.8, 4) is 5.75 Å².